The molecule has 3 atom stereocenters. The van der Waals surface area contributed by atoms with Gasteiger partial charge in [-0.05, 0) is 37.3 Å². The predicted molar refractivity (Wildman–Crippen MR) is 113 cm³/mol. The fraction of sp³-hybridized carbons (Fsp3) is 0.391. The van der Waals surface area contributed by atoms with E-state index in [0.717, 1.165) is 31.1 Å². The Kier molecular flexibility index (Phi) is 4.65. The van der Waals surface area contributed by atoms with Gasteiger partial charge in [-0.1, -0.05) is 36.4 Å². The largest absolute Gasteiger partial charge is 0.309 e. The molecule has 0 amide bonds. The highest BCUT2D eigenvalue weighted by Gasteiger charge is 2.40. The Bertz CT molecular complexity index is 1030. The Morgan fingerprint density at radius 2 is 1.96 bits per heavy atom. The predicted octanol–water partition coefficient (Wildman–Crippen LogP) is 4.02. The van der Waals surface area contributed by atoms with E-state index < -0.39 is 0 Å². The molecule has 3 aromatic rings. The second-order valence-corrected chi connectivity index (χ2v) is 9.22. The van der Waals surface area contributed by atoms with Gasteiger partial charge in [-0.3, -0.25) is 9.69 Å². The highest BCUT2D eigenvalue weighted by molar-refractivity contribution is 7.09. The summed E-state index contributed by atoms with van der Waals surface area (Å²) in [5.41, 5.74) is 3.84. The number of benzene rings is 1. The van der Waals surface area contributed by atoms with E-state index in [1.165, 1.54) is 23.4 Å². The highest BCUT2D eigenvalue weighted by Crippen LogP contribution is 2.42. The van der Waals surface area contributed by atoms with Gasteiger partial charge < -0.3 is 4.57 Å². The number of hydrogen-bond acceptors (Lipinski definition) is 4. The quantitative estimate of drug-likeness (QED) is 0.674. The topological polar surface area (TPSA) is 38.1 Å². The van der Waals surface area contributed by atoms with Crippen LogP contribution in [0.4, 0.5) is 0 Å². The van der Waals surface area contributed by atoms with Crippen molar-refractivity contribution in [1.29, 1.82) is 0 Å². The van der Waals surface area contributed by atoms with Gasteiger partial charge in [-0.2, -0.15) is 0 Å². The summed E-state index contributed by atoms with van der Waals surface area (Å²) in [7, 11) is 0. The maximum Gasteiger partial charge on any atom is 0.251 e. The Labute approximate surface area is 169 Å². The molecule has 4 nitrogen and oxygen atoms in total. The van der Waals surface area contributed by atoms with Crippen LogP contribution in [0.1, 0.15) is 40.3 Å². The highest BCUT2D eigenvalue weighted by atomic mass is 32.1. The molecule has 0 unspecified atom stereocenters. The maximum absolute atomic E-state index is 12.8. The number of hydrogen-bond donors (Lipinski definition) is 0. The molecule has 4 heterocycles. The Morgan fingerprint density at radius 1 is 1.11 bits per heavy atom. The van der Waals surface area contributed by atoms with E-state index >= 15 is 0 Å². The average molecular weight is 392 g/mol. The Balaban J connectivity index is 1.48. The van der Waals surface area contributed by atoms with Crippen molar-refractivity contribution >= 4 is 11.3 Å². The first-order valence-corrected chi connectivity index (χ1v) is 10.9. The molecule has 2 bridgehead atoms. The van der Waals surface area contributed by atoms with Crippen LogP contribution < -0.4 is 5.56 Å². The number of pyridine rings is 1. The van der Waals surface area contributed by atoms with E-state index in [1.807, 2.05) is 6.07 Å². The van der Waals surface area contributed by atoms with Crippen LogP contribution in [0.5, 0.6) is 0 Å². The third-order valence-corrected chi connectivity index (χ3v) is 7.04. The lowest BCUT2D eigenvalue weighted by Crippen LogP contribution is -2.49. The molecule has 1 aromatic carbocycles. The number of rotatable bonds is 4. The van der Waals surface area contributed by atoms with Crippen molar-refractivity contribution < 1.29 is 0 Å². The van der Waals surface area contributed by atoms with Crippen molar-refractivity contribution in [2.24, 2.45) is 5.92 Å². The molecule has 2 aliphatic heterocycles. The van der Waals surface area contributed by atoms with Crippen LogP contribution in [0.15, 0.2) is 58.7 Å². The molecule has 0 N–H and O–H groups in total. The van der Waals surface area contributed by atoms with Gasteiger partial charge in [0.2, 0.25) is 0 Å². The van der Waals surface area contributed by atoms with E-state index in [4.69, 9.17) is 0 Å². The second-order valence-electron chi connectivity index (χ2n) is 8.16. The third-order valence-electron chi connectivity index (χ3n) is 6.21. The molecule has 28 heavy (non-hydrogen) atoms. The number of thiazole rings is 1. The number of aryl methyl sites for hydroxylation is 1. The van der Waals surface area contributed by atoms with Crippen LogP contribution in [0, 0.1) is 12.8 Å². The van der Waals surface area contributed by atoms with E-state index in [2.05, 4.69) is 63.2 Å². The van der Waals surface area contributed by atoms with Crippen molar-refractivity contribution in [3.8, 4) is 0 Å². The van der Waals surface area contributed by atoms with E-state index in [0.29, 0.717) is 11.8 Å². The van der Waals surface area contributed by atoms with E-state index in [9.17, 15) is 4.79 Å². The molecule has 5 heteroatoms. The number of fused-ring (bicyclic) bond motifs is 4. The van der Waals surface area contributed by atoms with Crippen molar-refractivity contribution in [2.75, 3.05) is 13.1 Å². The molecule has 144 valence electrons. The molecule has 1 fully saturated rings. The van der Waals surface area contributed by atoms with Gasteiger partial charge in [0.25, 0.3) is 5.56 Å². The molecule has 0 radical (unpaired) electrons. The number of piperidine rings is 1. The van der Waals surface area contributed by atoms with E-state index in [1.54, 1.807) is 17.4 Å². The van der Waals surface area contributed by atoms with Crippen LogP contribution in [-0.4, -0.2) is 27.5 Å². The Morgan fingerprint density at radius 3 is 2.75 bits per heavy atom. The molecule has 2 aromatic heterocycles. The molecule has 0 aliphatic carbocycles. The lowest BCUT2D eigenvalue weighted by molar-refractivity contribution is 0.0846. The fourth-order valence-corrected chi connectivity index (χ4v) is 5.70. The first kappa shape index (κ1) is 17.8. The van der Waals surface area contributed by atoms with Crippen LogP contribution in [0.3, 0.4) is 0 Å². The minimum atomic E-state index is 0.150. The minimum absolute atomic E-state index is 0.150. The summed E-state index contributed by atoms with van der Waals surface area (Å²) < 4.78 is 2.11. The molecule has 0 saturated carbocycles. The summed E-state index contributed by atoms with van der Waals surface area (Å²) in [6.07, 6.45) is 2.09. The van der Waals surface area contributed by atoms with Gasteiger partial charge in [0.1, 0.15) is 0 Å². The molecular formula is C23H25N3OS. The van der Waals surface area contributed by atoms with Crippen LogP contribution in [0.25, 0.3) is 0 Å². The third kappa shape index (κ3) is 3.33. The van der Waals surface area contributed by atoms with Gasteiger partial charge in [0.05, 0.1) is 10.7 Å². The van der Waals surface area contributed by atoms with Gasteiger partial charge in [-0.15, -0.1) is 11.3 Å². The summed E-state index contributed by atoms with van der Waals surface area (Å²) in [5.74, 6) is 0.922. The zero-order valence-corrected chi connectivity index (χ0v) is 16.9. The van der Waals surface area contributed by atoms with Gasteiger partial charge in [0.15, 0.2) is 0 Å². The van der Waals surface area contributed by atoms with Crippen molar-refractivity contribution in [3.63, 3.8) is 0 Å². The minimum Gasteiger partial charge on any atom is -0.309 e. The first-order chi connectivity index (χ1) is 13.7. The van der Waals surface area contributed by atoms with Crippen molar-refractivity contribution in [1.82, 2.24) is 14.5 Å². The molecule has 2 aliphatic rings. The zero-order valence-electron chi connectivity index (χ0n) is 16.1. The number of nitrogens with zero attached hydrogens (tertiary/aromatic N) is 3. The number of likely N-dealkylation sites (tertiary alicyclic amines) is 1. The summed E-state index contributed by atoms with van der Waals surface area (Å²) in [6, 6.07) is 16.6. The SMILES string of the molecule is Cc1nc(CN2C[C@H]3C[C@@H](C2)[C@H](Cc2ccccc2)n2c3cccc2=O)cs1. The number of aromatic nitrogens is 2. The van der Waals surface area contributed by atoms with Crippen molar-refractivity contribution in [2.45, 2.75) is 38.3 Å². The summed E-state index contributed by atoms with van der Waals surface area (Å²) in [6.45, 7) is 5.02. The van der Waals surface area contributed by atoms with Crippen LogP contribution >= 0.6 is 11.3 Å². The lowest BCUT2D eigenvalue weighted by atomic mass is 9.76. The molecule has 5 rings (SSSR count). The summed E-state index contributed by atoms with van der Waals surface area (Å²) >= 11 is 1.72. The zero-order chi connectivity index (χ0) is 19.1. The average Bonchev–Trinajstić information content (AvgIpc) is 3.11. The Hall–Kier alpha value is -2.24. The van der Waals surface area contributed by atoms with Crippen LogP contribution in [-0.2, 0) is 13.0 Å². The van der Waals surface area contributed by atoms with Gasteiger partial charge in [-0.25, -0.2) is 4.98 Å². The normalized spacial score (nSPS) is 24.1. The fourth-order valence-electron chi connectivity index (χ4n) is 5.09. The monoisotopic (exact) mass is 391 g/mol. The molecule has 0 spiro atoms. The molecule has 1 saturated heterocycles. The smallest absolute Gasteiger partial charge is 0.251 e. The standard InChI is InChI=1S/C23H25N3OS/c1-16-24-20(15-28-16)14-25-12-18-11-19(13-25)22(10-17-6-3-2-4-7-17)26-21(18)8-5-9-23(26)27/h2-9,15,18-19,22H,10-14H2,1H3/t18-,19+,22+/m1/s1. The van der Waals surface area contributed by atoms with Gasteiger partial charge >= 0.3 is 0 Å². The van der Waals surface area contributed by atoms with E-state index in [-0.39, 0.29) is 11.6 Å². The second kappa shape index (κ2) is 7.30. The maximum atomic E-state index is 12.8. The lowest BCUT2D eigenvalue weighted by Gasteiger charge is -2.47. The summed E-state index contributed by atoms with van der Waals surface area (Å²) in [5, 5.41) is 3.31. The summed E-state index contributed by atoms with van der Waals surface area (Å²) in [4.78, 5) is 20.0. The van der Waals surface area contributed by atoms with Gasteiger partial charge in [0, 0.05) is 48.7 Å². The first-order valence-electron chi connectivity index (χ1n) is 10.1. The van der Waals surface area contributed by atoms with Crippen LogP contribution in [0.2, 0.25) is 0 Å². The van der Waals surface area contributed by atoms with Crippen molar-refractivity contribution in [3.05, 3.63) is 86.2 Å². The molecular weight excluding hydrogens is 366 g/mol.